The van der Waals surface area contributed by atoms with Gasteiger partial charge in [-0.05, 0) is 83.5 Å². The number of hydrogen-bond donors (Lipinski definition) is 0. The highest BCUT2D eigenvalue weighted by Gasteiger charge is 2.36. The van der Waals surface area contributed by atoms with E-state index in [1.807, 2.05) is 13.8 Å². The Bertz CT molecular complexity index is 1340. The molecule has 0 aliphatic heterocycles. The molecule has 0 radical (unpaired) electrons. The van der Waals surface area contributed by atoms with Gasteiger partial charge in [-0.15, -0.1) is 0 Å². The Balaban J connectivity index is 2.15. The summed E-state index contributed by atoms with van der Waals surface area (Å²) in [5, 5.41) is 0. The van der Waals surface area contributed by atoms with E-state index in [1.165, 1.54) is 31.2 Å². The largest absolute Gasteiger partial charge is 0.416 e. The van der Waals surface area contributed by atoms with Crippen LogP contribution < -0.4 is 0 Å². The zero-order valence-corrected chi connectivity index (χ0v) is 21.6. The molecule has 1 atom stereocenters. The van der Waals surface area contributed by atoms with E-state index in [1.54, 1.807) is 12.1 Å². The fourth-order valence-electron chi connectivity index (χ4n) is 4.27. The fourth-order valence-corrected chi connectivity index (χ4v) is 4.27. The van der Waals surface area contributed by atoms with E-state index in [0.717, 1.165) is 18.2 Å². The Morgan fingerprint density at radius 1 is 0.650 bits per heavy atom. The fraction of sp³-hybridized carbons (Fsp3) is 0.300. The molecule has 0 aliphatic rings. The monoisotopic (exact) mass is 572 g/mol. The van der Waals surface area contributed by atoms with E-state index in [9.17, 15) is 44.3 Å². The van der Waals surface area contributed by atoms with Crippen molar-refractivity contribution in [2.24, 2.45) is 5.92 Å². The molecule has 0 saturated carbocycles. The molecule has 0 spiro atoms. The Labute approximate surface area is 225 Å². The van der Waals surface area contributed by atoms with E-state index in [4.69, 9.17) is 0 Å². The molecule has 3 rings (SSSR count). The van der Waals surface area contributed by atoms with Gasteiger partial charge in [0.15, 0.2) is 0 Å². The standard InChI is InChI=1S/C30H25F9O/c1-17(2)10-27(18(3)40)23-12-19(11-22(15-23)21-6-8-24(9-7-21)28(31,32)33)4-5-20-13-25(29(34,35)36)16-26(14-20)30(37,38)39/h4-9,11-17,27H,10H2,1-3H3/b5-4+. The van der Waals surface area contributed by atoms with Gasteiger partial charge in [0, 0.05) is 5.92 Å². The number of alkyl halides is 9. The average molecular weight is 573 g/mol. The molecule has 0 fully saturated rings. The molecule has 0 aliphatic carbocycles. The van der Waals surface area contributed by atoms with Gasteiger partial charge in [0.1, 0.15) is 5.78 Å². The van der Waals surface area contributed by atoms with Crippen LogP contribution in [-0.2, 0) is 23.3 Å². The van der Waals surface area contributed by atoms with Crippen molar-refractivity contribution in [3.05, 3.63) is 94.0 Å². The van der Waals surface area contributed by atoms with Gasteiger partial charge in [0.2, 0.25) is 0 Å². The summed E-state index contributed by atoms with van der Waals surface area (Å²) in [6.07, 6.45) is -11.7. The Morgan fingerprint density at radius 2 is 1.12 bits per heavy atom. The highest BCUT2D eigenvalue weighted by molar-refractivity contribution is 5.85. The second-order valence-electron chi connectivity index (χ2n) is 9.93. The van der Waals surface area contributed by atoms with Gasteiger partial charge in [-0.2, -0.15) is 39.5 Å². The topological polar surface area (TPSA) is 17.1 Å². The zero-order chi connectivity index (χ0) is 30.0. The summed E-state index contributed by atoms with van der Waals surface area (Å²) < 4.78 is 119. The van der Waals surface area contributed by atoms with Crippen LogP contribution >= 0.6 is 0 Å². The first-order valence-electron chi connectivity index (χ1n) is 12.1. The van der Waals surface area contributed by atoms with Crippen LogP contribution in [-0.4, -0.2) is 5.78 Å². The number of halogens is 9. The van der Waals surface area contributed by atoms with Crippen LogP contribution in [0.1, 0.15) is 66.5 Å². The summed E-state index contributed by atoms with van der Waals surface area (Å²) in [6.45, 7) is 5.21. The first kappa shape index (κ1) is 31.0. The Kier molecular flexibility index (Phi) is 8.91. The minimum absolute atomic E-state index is 0.0318. The van der Waals surface area contributed by atoms with Crippen molar-refractivity contribution in [1.82, 2.24) is 0 Å². The van der Waals surface area contributed by atoms with E-state index in [2.05, 4.69) is 0 Å². The lowest BCUT2D eigenvalue weighted by Gasteiger charge is -2.19. The van der Waals surface area contributed by atoms with E-state index < -0.39 is 41.1 Å². The third kappa shape index (κ3) is 7.99. The van der Waals surface area contributed by atoms with Gasteiger partial charge in [-0.1, -0.05) is 50.3 Å². The third-order valence-electron chi connectivity index (χ3n) is 6.20. The molecule has 1 nitrogen and oxygen atoms in total. The number of carbonyl (C=O) groups excluding carboxylic acids is 1. The van der Waals surface area contributed by atoms with Gasteiger partial charge >= 0.3 is 18.5 Å². The number of Topliss-reactive ketones (excluding diaryl/α,β-unsaturated/α-hetero) is 1. The molecule has 0 bridgehead atoms. The van der Waals surface area contributed by atoms with E-state index in [-0.39, 0.29) is 23.3 Å². The lowest BCUT2D eigenvalue weighted by atomic mass is 9.85. The van der Waals surface area contributed by atoms with Crippen LogP contribution in [0.25, 0.3) is 23.3 Å². The van der Waals surface area contributed by atoms with Crippen molar-refractivity contribution in [2.45, 2.75) is 51.6 Å². The van der Waals surface area contributed by atoms with Crippen molar-refractivity contribution < 1.29 is 44.3 Å². The highest BCUT2D eigenvalue weighted by atomic mass is 19.4. The van der Waals surface area contributed by atoms with Crippen LogP contribution in [0.3, 0.4) is 0 Å². The molecule has 0 aromatic heterocycles. The van der Waals surface area contributed by atoms with Gasteiger partial charge in [-0.25, -0.2) is 0 Å². The number of rotatable bonds is 7. The lowest BCUT2D eigenvalue weighted by Crippen LogP contribution is -2.12. The van der Waals surface area contributed by atoms with Crippen LogP contribution in [0.4, 0.5) is 39.5 Å². The second kappa shape index (κ2) is 11.5. The lowest BCUT2D eigenvalue weighted by molar-refractivity contribution is -0.143. The van der Waals surface area contributed by atoms with Crippen molar-refractivity contribution in [3.8, 4) is 11.1 Å². The molecule has 10 heteroatoms. The average Bonchev–Trinajstić information content (AvgIpc) is 2.84. The van der Waals surface area contributed by atoms with Crippen molar-refractivity contribution >= 4 is 17.9 Å². The number of benzene rings is 3. The molecule has 1 unspecified atom stereocenters. The summed E-state index contributed by atoms with van der Waals surface area (Å²) in [6, 6.07) is 10.3. The van der Waals surface area contributed by atoms with Gasteiger partial charge in [0.25, 0.3) is 0 Å². The Morgan fingerprint density at radius 3 is 1.55 bits per heavy atom. The molecular weight excluding hydrogens is 547 g/mol. The predicted octanol–water partition coefficient (Wildman–Crippen LogP) is 10.3. The molecule has 3 aromatic carbocycles. The summed E-state index contributed by atoms with van der Waals surface area (Å²) in [7, 11) is 0. The van der Waals surface area contributed by atoms with E-state index in [0.29, 0.717) is 40.8 Å². The molecule has 3 aromatic rings. The minimum atomic E-state index is -5.01. The molecule has 0 amide bonds. The predicted molar refractivity (Wildman–Crippen MR) is 135 cm³/mol. The smallest absolute Gasteiger partial charge is 0.299 e. The summed E-state index contributed by atoms with van der Waals surface area (Å²) in [5.41, 5.74) is -2.46. The third-order valence-corrected chi connectivity index (χ3v) is 6.20. The number of carbonyl (C=O) groups is 1. The van der Waals surface area contributed by atoms with Gasteiger partial charge < -0.3 is 0 Å². The SMILES string of the molecule is CC(=O)C(CC(C)C)c1cc(/C=C/c2cc(C(F)(F)F)cc(C(F)(F)F)c2)cc(-c2ccc(C(F)(F)F)cc2)c1. The summed E-state index contributed by atoms with van der Waals surface area (Å²) >= 11 is 0. The van der Waals surface area contributed by atoms with Crippen molar-refractivity contribution in [3.63, 3.8) is 0 Å². The minimum Gasteiger partial charge on any atom is -0.299 e. The van der Waals surface area contributed by atoms with Gasteiger partial charge in [0.05, 0.1) is 16.7 Å². The van der Waals surface area contributed by atoms with E-state index >= 15 is 0 Å². The van der Waals surface area contributed by atoms with Crippen LogP contribution in [0.5, 0.6) is 0 Å². The van der Waals surface area contributed by atoms with Crippen molar-refractivity contribution in [1.29, 1.82) is 0 Å². The summed E-state index contributed by atoms with van der Waals surface area (Å²) in [5.74, 6) is -0.638. The van der Waals surface area contributed by atoms with Gasteiger partial charge in [-0.3, -0.25) is 4.79 Å². The Hall–Kier alpha value is -3.56. The number of hydrogen-bond acceptors (Lipinski definition) is 1. The maximum Gasteiger partial charge on any atom is 0.416 e. The maximum atomic E-state index is 13.3. The zero-order valence-electron chi connectivity index (χ0n) is 21.6. The van der Waals surface area contributed by atoms with Crippen LogP contribution in [0.15, 0.2) is 60.7 Å². The molecule has 0 saturated heterocycles. The summed E-state index contributed by atoms with van der Waals surface area (Å²) in [4.78, 5) is 12.5. The quantitative estimate of drug-likeness (QED) is 0.203. The molecule has 0 N–H and O–H groups in total. The second-order valence-corrected chi connectivity index (χ2v) is 9.93. The molecule has 0 heterocycles. The normalized spacial score (nSPS) is 13.7. The van der Waals surface area contributed by atoms with Crippen molar-refractivity contribution in [2.75, 3.05) is 0 Å². The molecule has 214 valence electrons. The van der Waals surface area contributed by atoms with Crippen LogP contribution in [0.2, 0.25) is 0 Å². The van der Waals surface area contributed by atoms with Crippen LogP contribution in [0, 0.1) is 5.92 Å². The highest BCUT2D eigenvalue weighted by Crippen LogP contribution is 2.37. The molecular formula is C30H25F9O. The first-order valence-corrected chi connectivity index (χ1v) is 12.1. The number of ketones is 1. The molecule has 40 heavy (non-hydrogen) atoms. The maximum absolute atomic E-state index is 13.3. The first-order chi connectivity index (χ1) is 18.3.